The van der Waals surface area contributed by atoms with Gasteiger partial charge in [0.25, 0.3) is 0 Å². The first-order chi connectivity index (χ1) is 10.0. The molecule has 21 heavy (non-hydrogen) atoms. The van der Waals surface area contributed by atoms with Gasteiger partial charge in [0.1, 0.15) is 11.3 Å². The molecule has 0 fully saturated rings. The number of rotatable bonds is 6. The standard InChI is InChI=1S/C15H20N2O3S/c1-4-19-13(18)8-9-17-11-6-5-7-12(20-10(2)3)14(11)16-15(17)21/h5-7,10H,4,8-9H2,1-3H3,(H,16,21). The molecule has 114 valence electrons. The Morgan fingerprint density at radius 2 is 2.19 bits per heavy atom. The third-order valence-electron chi connectivity index (χ3n) is 2.98. The maximum absolute atomic E-state index is 11.5. The van der Waals surface area contributed by atoms with Gasteiger partial charge in [-0.05, 0) is 45.1 Å². The molecule has 0 unspecified atom stereocenters. The van der Waals surface area contributed by atoms with Crippen molar-refractivity contribution < 1.29 is 14.3 Å². The number of benzene rings is 1. The highest BCUT2D eigenvalue weighted by atomic mass is 32.1. The molecular formula is C15H20N2O3S. The van der Waals surface area contributed by atoms with Crippen LogP contribution in [0.4, 0.5) is 0 Å². The van der Waals surface area contributed by atoms with Gasteiger partial charge in [-0.15, -0.1) is 0 Å². The van der Waals surface area contributed by atoms with E-state index < -0.39 is 0 Å². The van der Waals surface area contributed by atoms with E-state index in [1.165, 1.54) is 0 Å². The number of H-pyrrole nitrogens is 1. The first kappa shape index (κ1) is 15.6. The molecule has 0 bridgehead atoms. The van der Waals surface area contributed by atoms with Crippen molar-refractivity contribution in [2.24, 2.45) is 0 Å². The lowest BCUT2D eigenvalue weighted by molar-refractivity contribution is -0.143. The van der Waals surface area contributed by atoms with E-state index in [0.717, 1.165) is 16.8 Å². The van der Waals surface area contributed by atoms with Crippen molar-refractivity contribution in [1.29, 1.82) is 0 Å². The summed E-state index contributed by atoms with van der Waals surface area (Å²) < 4.78 is 13.2. The zero-order chi connectivity index (χ0) is 15.4. The van der Waals surface area contributed by atoms with Gasteiger partial charge in [0, 0.05) is 6.54 Å². The molecule has 0 amide bonds. The summed E-state index contributed by atoms with van der Waals surface area (Å²) in [4.78, 5) is 14.7. The number of para-hydroxylation sites is 1. The van der Waals surface area contributed by atoms with Crippen molar-refractivity contribution in [2.75, 3.05) is 6.61 Å². The Labute approximate surface area is 128 Å². The van der Waals surface area contributed by atoms with Crippen LogP contribution in [0.25, 0.3) is 11.0 Å². The van der Waals surface area contributed by atoms with Gasteiger partial charge < -0.3 is 19.0 Å². The summed E-state index contributed by atoms with van der Waals surface area (Å²) in [5, 5.41) is 0. The van der Waals surface area contributed by atoms with Crippen LogP contribution >= 0.6 is 12.2 Å². The molecule has 0 saturated carbocycles. The first-order valence-corrected chi connectivity index (χ1v) is 7.47. The van der Waals surface area contributed by atoms with Crippen LogP contribution in [0.2, 0.25) is 0 Å². The molecule has 1 aromatic heterocycles. The van der Waals surface area contributed by atoms with Crippen LogP contribution in [0.5, 0.6) is 5.75 Å². The predicted octanol–water partition coefficient (Wildman–Crippen LogP) is 3.44. The molecule has 5 nitrogen and oxygen atoms in total. The topological polar surface area (TPSA) is 56.2 Å². The van der Waals surface area contributed by atoms with Crippen molar-refractivity contribution in [3.8, 4) is 5.75 Å². The lowest BCUT2D eigenvalue weighted by Crippen LogP contribution is -2.09. The SMILES string of the molecule is CCOC(=O)CCn1c(=S)[nH]c2c(OC(C)C)cccc21. The lowest BCUT2D eigenvalue weighted by atomic mass is 10.3. The third kappa shape index (κ3) is 3.64. The molecule has 1 aromatic carbocycles. The minimum atomic E-state index is -0.219. The number of esters is 1. The normalized spacial score (nSPS) is 11.0. The Balaban J connectivity index is 2.30. The van der Waals surface area contributed by atoms with E-state index in [-0.39, 0.29) is 12.1 Å². The summed E-state index contributed by atoms with van der Waals surface area (Å²) in [6.45, 7) is 6.63. The average molecular weight is 308 g/mol. The van der Waals surface area contributed by atoms with Crippen LogP contribution in [0.3, 0.4) is 0 Å². The van der Waals surface area contributed by atoms with E-state index in [2.05, 4.69) is 4.98 Å². The molecule has 0 spiro atoms. The fraction of sp³-hybridized carbons (Fsp3) is 0.467. The number of carbonyl (C=O) groups excluding carboxylic acids is 1. The number of imidazole rings is 1. The number of aryl methyl sites for hydroxylation is 1. The molecule has 6 heteroatoms. The van der Waals surface area contributed by atoms with Crippen LogP contribution in [0, 0.1) is 4.77 Å². The quantitative estimate of drug-likeness (QED) is 0.656. The Morgan fingerprint density at radius 3 is 2.86 bits per heavy atom. The monoisotopic (exact) mass is 308 g/mol. The molecule has 0 saturated heterocycles. The number of hydrogen-bond acceptors (Lipinski definition) is 4. The van der Waals surface area contributed by atoms with Crippen LogP contribution in [0.1, 0.15) is 27.2 Å². The van der Waals surface area contributed by atoms with E-state index in [4.69, 9.17) is 21.7 Å². The van der Waals surface area contributed by atoms with Crippen molar-refractivity contribution in [2.45, 2.75) is 39.8 Å². The van der Waals surface area contributed by atoms with E-state index >= 15 is 0 Å². The Morgan fingerprint density at radius 1 is 1.43 bits per heavy atom. The number of carbonyl (C=O) groups is 1. The smallest absolute Gasteiger partial charge is 0.307 e. The van der Waals surface area contributed by atoms with Crippen molar-refractivity contribution in [3.05, 3.63) is 23.0 Å². The molecular weight excluding hydrogens is 288 g/mol. The van der Waals surface area contributed by atoms with Gasteiger partial charge in [-0.25, -0.2) is 0 Å². The lowest BCUT2D eigenvalue weighted by Gasteiger charge is -2.10. The fourth-order valence-corrected chi connectivity index (χ4v) is 2.46. The van der Waals surface area contributed by atoms with Gasteiger partial charge in [0.05, 0.1) is 24.6 Å². The second-order valence-corrected chi connectivity index (χ2v) is 5.34. The van der Waals surface area contributed by atoms with Crippen molar-refractivity contribution in [1.82, 2.24) is 9.55 Å². The first-order valence-electron chi connectivity index (χ1n) is 7.06. The van der Waals surface area contributed by atoms with Crippen molar-refractivity contribution in [3.63, 3.8) is 0 Å². The Bertz CT molecular complexity index is 688. The molecule has 0 atom stereocenters. The molecule has 2 aromatic rings. The van der Waals surface area contributed by atoms with E-state index in [1.807, 2.05) is 36.6 Å². The zero-order valence-corrected chi connectivity index (χ0v) is 13.3. The van der Waals surface area contributed by atoms with E-state index in [9.17, 15) is 4.79 Å². The van der Waals surface area contributed by atoms with E-state index in [1.54, 1.807) is 6.92 Å². The van der Waals surface area contributed by atoms with Gasteiger partial charge in [0.15, 0.2) is 4.77 Å². The number of nitrogens with zero attached hydrogens (tertiary/aromatic N) is 1. The summed E-state index contributed by atoms with van der Waals surface area (Å²) >= 11 is 5.34. The van der Waals surface area contributed by atoms with Gasteiger partial charge in [0.2, 0.25) is 0 Å². The largest absolute Gasteiger partial charge is 0.489 e. The summed E-state index contributed by atoms with van der Waals surface area (Å²) in [6.07, 6.45) is 0.380. The third-order valence-corrected chi connectivity index (χ3v) is 3.30. The summed E-state index contributed by atoms with van der Waals surface area (Å²) in [6, 6.07) is 5.78. The minimum absolute atomic E-state index is 0.0838. The van der Waals surface area contributed by atoms with Crippen molar-refractivity contribution >= 4 is 29.2 Å². The van der Waals surface area contributed by atoms with Gasteiger partial charge in [-0.3, -0.25) is 4.79 Å². The predicted molar refractivity (Wildman–Crippen MR) is 84.1 cm³/mol. The Hall–Kier alpha value is -1.82. The maximum Gasteiger partial charge on any atom is 0.307 e. The highest BCUT2D eigenvalue weighted by Gasteiger charge is 2.11. The molecule has 0 radical (unpaired) electrons. The number of hydrogen-bond donors (Lipinski definition) is 1. The highest BCUT2D eigenvalue weighted by Crippen LogP contribution is 2.26. The highest BCUT2D eigenvalue weighted by molar-refractivity contribution is 7.71. The van der Waals surface area contributed by atoms with E-state index in [0.29, 0.717) is 24.3 Å². The molecule has 0 aliphatic rings. The average Bonchev–Trinajstić information content (AvgIpc) is 2.73. The van der Waals surface area contributed by atoms with Crippen LogP contribution in [0.15, 0.2) is 18.2 Å². The maximum atomic E-state index is 11.5. The summed E-state index contributed by atoms with van der Waals surface area (Å²) in [5.74, 6) is 0.548. The zero-order valence-electron chi connectivity index (χ0n) is 12.5. The molecule has 1 heterocycles. The molecule has 0 aliphatic carbocycles. The van der Waals surface area contributed by atoms with Crippen LogP contribution < -0.4 is 4.74 Å². The fourth-order valence-electron chi connectivity index (χ4n) is 2.16. The number of aromatic nitrogens is 2. The van der Waals surface area contributed by atoms with Gasteiger partial charge in [-0.2, -0.15) is 0 Å². The number of aromatic amines is 1. The number of fused-ring (bicyclic) bond motifs is 1. The second kappa shape index (κ2) is 6.76. The summed E-state index contributed by atoms with van der Waals surface area (Å²) in [5.41, 5.74) is 1.79. The number of nitrogens with one attached hydrogen (secondary N) is 1. The molecule has 2 rings (SSSR count). The van der Waals surface area contributed by atoms with Gasteiger partial charge >= 0.3 is 5.97 Å². The summed E-state index contributed by atoms with van der Waals surface area (Å²) in [7, 11) is 0. The number of ether oxygens (including phenoxy) is 2. The van der Waals surface area contributed by atoms with Crippen LogP contribution in [-0.4, -0.2) is 28.2 Å². The second-order valence-electron chi connectivity index (χ2n) is 4.95. The minimum Gasteiger partial charge on any atom is -0.489 e. The van der Waals surface area contributed by atoms with Gasteiger partial charge in [-0.1, -0.05) is 6.07 Å². The Kier molecular flexibility index (Phi) is 5.01. The van der Waals surface area contributed by atoms with Crippen LogP contribution in [-0.2, 0) is 16.1 Å². The molecule has 0 aliphatic heterocycles. The molecule has 1 N–H and O–H groups in total.